The van der Waals surface area contributed by atoms with Gasteiger partial charge in [0, 0.05) is 35.9 Å². The van der Waals surface area contributed by atoms with Crippen molar-refractivity contribution in [1.29, 1.82) is 0 Å². The van der Waals surface area contributed by atoms with Crippen LogP contribution in [0.1, 0.15) is 16.9 Å². The van der Waals surface area contributed by atoms with Gasteiger partial charge in [0.25, 0.3) is 5.91 Å². The number of nitrogens with zero attached hydrogens (tertiary/aromatic N) is 2. The van der Waals surface area contributed by atoms with Crippen molar-refractivity contribution in [2.45, 2.75) is 6.42 Å². The zero-order valence-corrected chi connectivity index (χ0v) is 14.2. The Morgan fingerprint density at radius 1 is 1.32 bits per heavy atom. The second kappa shape index (κ2) is 6.26. The van der Waals surface area contributed by atoms with Gasteiger partial charge in [-0.2, -0.15) is 0 Å². The van der Waals surface area contributed by atoms with Crippen molar-refractivity contribution in [2.75, 3.05) is 19.6 Å². The molecule has 22 heavy (non-hydrogen) atoms. The molecule has 1 aromatic heterocycles. The van der Waals surface area contributed by atoms with Crippen LogP contribution in [0.15, 0.2) is 40.9 Å². The molecule has 1 unspecified atom stereocenters. The molecule has 5 heteroatoms. The predicted molar refractivity (Wildman–Crippen MR) is 91.6 cm³/mol. The number of aromatic nitrogens is 1. The molecule has 1 aliphatic rings. The van der Waals surface area contributed by atoms with Crippen LogP contribution >= 0.6 is 15.9 Å². The van der Waals surface area contributed by atoms with E-state index >= 15 is 0 Å². The van der Waals surface area contributed by atoms with E-state index in [0.717, 1.165) is 40.9 Å². The number of likely N-dealkylation sites (tertiary alicyclic amines) is 1. The Balaban J connectivity index is 1.88. The molecule has 0 saturated carbocycles. The van der Waals surface area contributed by atoms with Crippen molar-refractivity contribution in [1.82, 2.24) is 9.47 Å². The lowest BCUT2D eigenvalue weighted by Crippen LogP contribution is -2.31. The number of hydrogen-bond donors (Lipinski definition) is 1. The van der Waals surface area contributed by atoms with Gasteiger partial charge in [0.2, 0.25) is 0 Å². The van der Waals surface area contributed by atoms with E-state index in [9.17, 15) is 4.79 Å². The molecule has 1 fully saturated rings. The van der Waals surface area contributed by atoms with Crippen LogP contribution in [-0.2, 0) is 7.05 Å². The minimum absolute atomic E-state index is 0.0942. The quantitative estimate of drug-likeness (QED) is 0.913. The Bertz CT molecular complexity index is 695. The van der Waals surface area contributed by atoms with E-state index in [1.54, 1.807) is 0 Å². The molecule has 2 N–H and O–H groups in total. The second-order valence-electron chi connectivity index (χ2n) is 5.78. The first-order valence-electron chi connectivity index (χ1n) is 7.51. The van der Waals surface area contributed by atoms with Crippen molar-refractivity contribution < 1.29 is 4.79 Å². The monoisotopic (exact) mass is 361 g/mol. The molecule has 3 rings (SSSR count). The third-order valence-corrected chi connectivity index (χ3v) is 5.09. The number of carbonyl (C=O) groups excluding carboxylic acids is 1. The number of hydrogen-bond acceptors (Lipinski definition) is 2. The minimum atomic E-state index is 0.0942. The maximum Gasteiger partial charge on any atom is 0.270 e. The lowest BCUT2D eigenvalue weighted by atomic mass is 10.1. The zero-order valence-electron chi connectivity index (χ0n) is 12.6. The van der Waals surface area contributed by atoms with Gasteiger partial charge in [0.1, 0.15) is 5.69 Å². The maximum atomic E-state index is 12.7. The largest absolute Gasteiger partial charge is 0.340 e. The van der Waals surface area contributed by atoms with Gasteiger partial charge in [-0.1, -0.05) is 34.1 Å². The number of carbonyl (C=O) groups is 1. The van der Waals surface area contributed by atoms with E-state index in [2.05, 4.69) is 15.9 Å². The first-order valence-corrected chi connectivity index (χ1v) is 8.31. The zero-order chi connectivity index (χ0) is 15.7. The van der Waals surface area contributed by atoms with E-state index in [0.29, 0.717) is 12.5 Å². The summed E-state index contributed by atoms with van der Waals surface area (Å²) in [7, 11) is 1.94. The summed E-state index contributed by atoms with van der Waals surface area (Å²) in [5.41, 5.74) is 8.56. The third-order valence-electron chi connectivity index (χ3n) is 4.40. The van der Waals surface area contributed by atoms with E-state index in [-0.39, 0.29) is 5.91 Å². The van der Waals surface area contributed by atoms with Crippen molar-refractivity contribution in [3.05, 3.63) is 46.6 Å². The molecular weight excluding hydrogens is 342 g/mol. The van der Waals surface area contributed by atoms with Crippen LogP contribution in [0.3, 0.4) is 0 Å². The van der Waals surface area contributed by atoms with Crippen LogP contribution in [-0.4, -0.2) is 35.0 Å². The Morgan fingerprint density at radius 2 is 2.09 bits per heavy atom. The third kappa shape index (κ3) is 2.71. The molecule has 0 spiro atoms. The fourth-order valence-electron chi connectivity index (χ4n) is 3.04. The molecular formula is C17H20BrN3O. The Labute approximate surface area is 139 Å². The normalized spacial score (nSPS) is 18.0. The Morgan fingerprint density at radius 3 is 2.77 bits per heavy atom. The highest BCUT2D eigenvalue weighted by Gasteiger charge is 2.27. The summed E-state index contributed by atoms with van der Waals surface area (Å²) in [6, 6.07) is 12.0. The van der Waals surface area contributed by atoms with Crippen LogP contribution in [0.5, 0.6) is 0 Å². The van der Waals surface area contributed by atoms with Crippen molar-refractivity contribution in [3.8, 4) is 11.3 Å². The van der Waals surface area contributed by atoms with Gasteiger partial charge in [-0.15, -0.1) is 0 Å². The van der Waals surface area contributed by atoms with Gasteiger partial charge in [-0.05, 0) is 37.1 Å². The summed E-state index contributed by atoms with van der Waals surface area (Å²) in [5, 5.41) is 0. The molecule has 2 aromatic rings. The van der Waals surface area contributed by atoms with Crippen LogP contribution in [0.25, 0.3) is 11.3 Å². The lowest BCUT2D eigenvalue weighted by Gasteiger charge is -2.17. The Kier molecular flexibility index (Phi) is 4.36. The average molecular weight is 362 g/mol. The first kappa shape index (κ1) is 15.3. The molecule has 116 valence electrons. The Hall–Kier alpha value is -1.59. The van der Waals surface area contributed by atoms with Crippen LogP contribution in [0.2, 0.25) is 0 Å². The number of halogens is 1. The summed E-state index contributed by atoms with van der Waals surface area (Å²) < 4.78 is 3.00. The number of rotatable bonds is 3. The summed E-state index contributed by atoms with van der Waals surface area (Å²) in [5.74, 6) is 0.531. The average Bonchev–Trinajstić information content (AvgIpc) is 3.14. The molecule has 0 bridgehead atoms. The highest BCUT2D eigenvalue weighted by molar-refractivity contribution is 9.10. The molecule has 1 saturated heterocycles. The minimum Gasteiger partial charge on any atom is -0.340 e. The fourth-order valence-corrected chi connectivity index (χ4v) is 3.52. The molecule has 4 nitrogen and oxygen atoms in total. The predicted octanol–water partition coefficient (Wildman–Crippen LogP) is 2.88. The van der Waals surface area contributed by atoms with Gasteiger partial charge < -0.3 is 15.2 Å². The topological polar surface area (TPSA) is 51.3 Å². The van der Waals surface area contributed by atoms with E-state index in [1.165, 1.54) is 0 Å². The first-order chi connectivity index (χ1) is 10.6. The molecule has 1 aromatic carbocycles. The molecule has 0 aliphatic carbocycles. The van der Waals surface area contributed by atoms with Crippen LogP contribution in [0.4, 0.5) is 0 Å². The number of amides is 1. The second-order valence-corrected chi connectivity index (χ2v) is 6.64. The van der Waals surface area contributed by atoms with Gasteiger partial charge in [-0.3, -0.25) is 4.79 Å². The SMILES string of the molecule is Cn1c(C(=O)N2CCC(CN)C2)ccc1-c1ccccc1Br. The standard InChI is InChI=1S/C17H20BrN3O/c1-20-15(13-4-2-3-5-14(13)18)6-7-16(20)17(22)21-9-8-12(10-19)11-21/h2-7,12H,8-11,19H2,1H3. The van der Waals surface area contributed by atoms with E-state index < -0.39 is 0 Å². The molecule has 1 atom stereocenters. The van der Waals surface area contributed by atoms with Crippen LogP contribution in [0, 0.1) is 5.92 Å². The number of benzene rings is 1. The lowest BCUT2D eigenvalue weighted by molar-refractivity contribution is 0.0778. The van der Waals surface area contributed by atoms with Gasteiger partial charge in [0.05, 0.1) is 0 Å². The summed E-state index contributed by atoms with van der Waals surface area (Å²) >= 11 is 3.57. The summed E-state index contributed by atoms with van der Waals surface area (Å²) in [4.78, 5) is 14.6. The summed E-state index contributed by atoms with van der Waals surface area (Å²) in [6.07, 6.45) is 1.00. The molecule has 0 radical (unpaired) electrons. The highest BCUT2D eigenvalue weighted by Crippen LogP contribution is 2.29. The molecule has 2 heterocycles. The van der Waals surface area contributed by atoms with Gasteiger partial charge >= 0.3 is 0 Å². The van der Waals surface area contributed by atoms with Crippen molar-refractivity contribution in [3.63, 3.8) is 0 Å². The van der Waals surface area contributed by atoms with Crippen LogP contribution < -0.4 is 5.73 Å². The maximum absolute atomic E-state index is 12.7. The van der Waals surface area contributed by atoms with Gasteiger partial charge in [0.15, 0.2) is 0 Å². The fraction of sp³-hybridized carbons (Fsp3) is 0.353. The van der Waals surface area contributed by atoms with E-state index in [4.69, 9.17) is 5.73 Å². The summed E-state index contributed by atoms with van der Waals surface area (Å²) in [6.45, 7) is 2.22. The van der Waals surface area contributed by atoms with E-state index in [1.807, 2.05) is 52.9 Å². The smallest absolute Gasteiger partial charge is 0.270 e. The highest BCUT2D eigenvalue weighted by atomic mass is 79.9. The van der Waals surface area contributed by atoms with Gasteiger partial charge in [-0.25, -0.2) is 0 Å². The van der Waals surface area contributed by atoms with Crippen molar-refractivity contribution >= 4 is 21.8 Å². The van der Waals surface area contributed by atoms with Crippen molar-refractivity contribution in [2.24, 2.45) is 18.7 Å². The molecule has 1 aliphatic heterocycles. The molecule has 1 amide bonds. The number of nitrogens with two attached hydrogens (primary N) is 1.